The average Bonchev–Trinajstić information content (AvgIpc) is 3.06. The largest absolute Gasteiger partial charge is 0.379 e. The van der Waals surface area contributed by atoms with Gasteiger partial charge in [0.25, 0.3) is 0 Å². The Morgan fingerprint density at radius 2 is 2.00 bits per heavy atom. The lowest BCUT2D eigenvalue weighted by Crippen LogP contribution is -2.53. The zero-order chi connectivity index (χ0) is 15.1. The second-order valence-electron chi connectivity index (χ2n) is 6.19. The van der Waals surface area contributed by atoms with E-state index in [0.29, 0.717) is 12.0 Å². The molecule has 0 radical (unpaired) electrons. The number of halogens is 1. The van der Waals surface area contributed by atoms with Crippen molar-refractivity contribution in [3.05, 3.63) is 0 Å². The molecule has 2 fully saturated rings. The van der Waals surface area contributed by atoms with Gasteiger partial charge >= 0.3 is 0 Å². The van der Waals surface area contributed by atoms with Crippen molar-refractivity contribution in [1.29, 1.82) is 0 Å². The molecular formula is C16H32ClN3O2. The van der Waals surface area contributed by atoms with Crippen LogP contribution >= 0.6 is 12.4 Å². The third kappa shape index (κ3) is 5.37. The Morgan fingerprint density at radius 3 is 2.55 bits per heavy atom. The van der Waals surface area contributed by atoms with E-state index in [4.69, 9.17) is 4.74 Å². The number of nitrogens with one attached hydrogen (secondary N) is 2. The van der Waals surface area contributed by atoms with Crippen molar-refractivity contribution in [1.82, 2.24) is 15.5 Å². The number of carbonyl (C=O) groups excluding carboxylic acids is 1. The van der Waals surface area contributed by atoms with E-state index >= 15 is 0 Å². The molecule has 0 aliphatic carbocycles. The van der Waals surface area contributed by atoms with Gasteiger partial charge in [0.2, 0.25) is 5.91 Å². The fraction of sp³-hybridized carbons (Fsp3) is 0.938. The second kappa shape index (κ2) is 10.4. The third-order valence-electron chi connectivity index (χ3n) is 4.97. The van der Waals surface area contributed by atoms with Crippen LogP contribution in [-0.2, 0) is 9.53 Å². The average molecular weight is 334 g/mol. The molecule has 5 nitrogen and oxygen atoms in total. The minimum Gasteiger partial charge on any atom is -0.379 e. The van der Waals surface area contributed by atoms with E-state index in [-0.39, 0.29) is 24.4 Å². The van der Waals surface area contributed by atoms with Crippen molar-refractivity contribution in [3.8, 4) is 0 Å². The van der Waals surface area contributed by atoms with Gasteiger partial charge in [0.1, 0.15) is 0 Å². The first-order valence-electron chi connectivity index (χ1n) is 8.59. The van der Waals surface area contributed by atoms with Gasteiger partial charge in [-0.2, -0.15) is 0 Å². The van der Waals surface area contributed by atoms with E-state index in [0.717, 1.165) is 65.1 Å². The summed E-state index contributed by atoms with van der Waals surface area (Å²) in [5.41, 5.74) is 0. The van der Waals surface area contributed by atoms with Crippen LogP contribution in [0.15, 0.2) is 0 Å². The van der Waals surface area contributed by atoms with Crippen molar-refractivity contribution < 1.29 is 9.53 Å². The fourth-order valence-electron chi connectivity index (χ4n) is 3.57. The molecule has 0 aromatic heterocycles. The topological polar surface area (TPSA) is 53.6 Å². The Bertz CT molecular complexity index is 315. The molecule has 0 aromatic rings. The molecule has 0 aromatic carbocycles. The normalized spacial score (nSPS) is 24.0. The van der Waals surface area contributed by atoms with Gasteiger partial charge in [0.15, 0.2) is 0 Å². The smallest absolute Gasteiger partial charge is 0.237 e. The molecule has 6 heteroatoms. The molecule has 0 spiro atoms. The number of hydrogen-bond acceptors (Lipinski definition) is 4. The molecule has 22 heavy (non-hydrogen) atoms. The lowest BCUT2D eigenvalue weighted by atomic mass is 9.92. The summed E-state index contributed by atoms with van der Waals surface area (Å²) in [7, 11) is 0. The molecule has 2 atom stereocenters. The van der Waals surface area contributed by atoms with E-state index < -0.39 is 0 Å². The minimum atomic E-state index is 0. The quantitative estimate of drug-likeness (QED) is 0.739. The summed E-state index contributed by atoms with van der Waals surface area (Å²) in [6.45, 7) is 9.84. The number of hydrogen-bond donors (Lipinski definition) is 2. The first-order chi connectivity index (χ1) is 10.3. The molecule has 2 unspecified atom stereocenters. The minimum absolute atomic E-state index is 0. The van der Waals surface area contributed by atoms with Crippen molar-refractivity contribution in [2.45, 2.75) is 51.6 Å². The Labute approximate surface area is 140 Å². The maximum absolute atomic E-state index is 12.2. The van der Waals surface area contributed by atoms with Gasteiger partial charge in [-0.05, 0) is 25.3 Å². The molecular weight excluding hydrogens is 302 g/mol. The van der Waals surface area contributed by atoms with E-state index in [1.54, 1.807) is 0 Å². The number of nitrogens with zero attached hydrogens (tertiary/aromatic N) is 1. The molecule has 2 heterocycles. The van der Waals surface area contributed by atoms with Gasteiger partial charge in [-0.3, -0.25) is 9.69 Å². The highest BCUT2D eigenvalue weighted by molar-refractivity contribution is 5.85. The summed E-state index contributed by atoms with van der Waals surface area (Å²) >= 11 is 0. The summed E-state index contributed by atoms with van der Waals surface area (Å²) in [4.78, 5) is 14.7. The summed E-state index contributed by atoms with van der Waals surface area (Å²) in [6.07, 6.45) is 4.41. The van der Waals surface area contributed by atoms with E-state index in [9.17, 15) is 4.79 Å². The van der Waals surface area contributed by atoms with Crippen molar-refractivity contribution in [3.63, 3.8) is 0 Å². The van der Waals surface area contributed by atoms with Crippen LogP contribution in [0, 0.1) is 5.92 Å². The first-order valence-corrected chi connectivity index (χ1v) is 8.59. The monoisotopic (exact) mass is 333 g/mol. The van der Waals surface area contributed by atoms with Crippen LogP contribution in [0.3, 0.4) is 0 Å². The SMILES string of the molecule is CCC(CC)C(CNC(=O)C1CCCN1)N1CCOCC1.Cl. The van der Waals surface area contributed by atoms with Crippen molar-refractivity contribution in [2.75, 3.05) is 39.4 Å². The van der Waals surface area contributed by atoms with Crippen LogP contribution in [0.25, 0.3) is 0 Å². The Hall–Kier alpha value is -0.360. The van der Waals surface area contributed by atoms with Crippen LogP contribution in [0.2, 0.25) is 0 Å². The predicted molar refractivity (Wildman–Crippen MR) is 91.5 cm³/mol. The van der Waals surface area contributed by atoms with Crippen LogP contribution in [0.4, 0.5) is 0 Å². The summed E-state index contributed by atoms with van der Waals surface area (Å²) < 4.78 is 5.46. The number of carbonyl (C=O) groups is 1. The lowest BCUT2D eigenvalue weighted by molar-refractivity contribution is -0.123. The summed E-state index contributed by atoms with van der Waals surface area (Å²) in [5, 5.41) is 6.46. The zero-order valence-electron chi connectivity index (χ0n) is 14.0. The molecule has 130 valence electrons. The van der Waals surface area contributed by atoms with Crippen LogP contribution in [0.1, 0.15) is 39.5 Å². The van der Waals surface area contributed by atoms with Crippen LogP contribution in [-0.4, -0.2) is 62.3 Å². The number of ether oxygens (including phenoxy) is 1. The summed E-state index contributed by atoms with van der Waals surface area (Å²) in [6, 6.07) is 0.464. The molecule has 0 saturated carbocycles. The Kier molecular flexibility index (Phi) is 9.33. The molecule has 2 aliphatic heterocycles. The van der Waals surface area contributed by atoms with Crippen molar-refractivity contribution in [2.24, 2.45) is 5.92 Å². The number of amides is 1. The second-order valence-corrected chi connectivity index (χ2v) is 6.19. The van der Waals surface area contributed by atoms with Gasteiger partial charge in [-0.25, -0.2) is 0 Å². The van der Waals surface area contributed by atoms with E-state index in [2.05, 4.69) is 29.4 Å². The Balaban J connectivity index is 0.00000242. The van der Waals surface area contributed by atoms with E-state index in [1.165, 1.54) is 0 Å². The highest BCUT2D eigenvalue weighted by atomic mass is 35.5. The maximum Gasteiger partial charge on any atom is 0.237 e. The summed E-state index contributed by atoms with van der Waals surface area (Å²) in [5.74, 6) is 0.816. The predicted octanol–water partition coefficient (Wildman–Crippen LogP) is 1.41. The molecule has 2 rings (SSSR count). The third-order valence-corrected chi connectivity index (χ3v) is 4.97. The Morgan fingerprint density at radius 1 is 1.32 bits per heavy atom. The van der Waals surface area contributed by atoms with Gasteiger partial charge in [-0.15, -0.1) is 12.4 Å². The maximum atomic E-state index is 12.2. The lowest BCUT2D eigenvalue weighted by Gasteiger charge is -2.39. The van der Waals surface area contributed by atoms with Gasteiger partial charge in [0, 0.05) is 25.7 Å². The highest BCUT2D eigenvalue weighted by Gasteiger charge is 2.29. The van der Waals surface area contributed by atoms with Crippen molar-refractivity contribution >= 4 is 18.3 Å². The zero-order valence-corrected chi connectivity index (χ0v) is 14.8. The molecule has 0 bridgehead atoms. The van der Waals surface area contributed by atoms with Gasteiger partial charge in [-0.1, -0.05) is 26.7 Å². The standard InChI is InChI=1S/C16H31N3O2.ClH/c1-3-13(4-2)15(19-8-10-21-11-9-19)12-18-16(20)14-6-5-7-17-14;/h13-15,17H,3-12H2,1-2H3,(H,18,20);1H. The van der Waals surface area contributed by atoms with Gasteiger partial charge < -0.3 is 15.4 Å². The fourth-order valence-corrected chi connectivity index (χ4v) is 3.57. The van der Waals surface area contributed by atoms with E-state index in [1.807, 2.05) is 0 Å². The molecule has 2 saturated heterocycles. The number of morpholine rings is 1. The van der Waals surface area contributed by atoms with Crippen LogP contribution < -0.4 is 10.6 Å². The van der Waals surface area contributed by atoms with Crippen LogP contribution in [0.5, 0.6) is 0 Å². The first kappa shape index (κ1) is 19.7. The van der Waals surface area contributed by atoms with Gasteiger partial charge in [0.05, 0.1) is 19.3 Å². The molecule has 2 N–H and O–H groups in total. The highest BCUT2D eigenvalue weighted by Crippen LogP contribution is 2.19. The molecule has 1 amide bonds. The molecule has 2 aliphatic rings. The number of rotatable bonds is 7.